The van der Waals surface area contributed by atoms with Crippen LogP contribution >= 0.6 is 0 Å². The fourth-order valence-corrected chi connectivity index (χ4v) is 2.86. The Labute approximate surface area is 115 Å². The van der Waals surface area contributed by atoms with Crippen LogP contribution < -0.4 is 5.32 Å². The normalized spacial score (nSPS) is 25.2. The second-order valence-corrected chi connectivity index (χ2v) is 7.39. The van der Waals surface area contributed by atoms with Gasteiger partial charge in [0.15, 0.2) is 0 Å². The molecule has 0 spiro atoms. The molecule has 2 nitrogen and oxygen atoms in total. The molecule has 0 saturated carbocycles. The smallest absolute Gasteiger partial charge is 0.0112 e. The third kappa shape index (κ3) is 4.89. The summed E-state index contributed by atoms with van der Waals surface area (Å²) in [5, 5.41) is 3.54. The van der Waals surface area contributed by atoms with Crippen molar-refractivity contribution in [3.63, 3.8) is 0 Å². The maximum Gasteiger partial charge on any atom is 0.0112 e. The number of nitrogens with one attached hydrogen (secondary N) is 1. The van der Waals surface area contributed by atoms with Crippen molar-refractivity contribution in [1.29, 1.82) is 0 Å². The van der Waals surface area contributed by atoms with Gasteiger partial charge in [-0.3, -0.25) is 0 Å². The van der Waals surface area contributed by atoms with Gasteiger partial charge in [0.1, 0.15) is 0 Å². The van der Waals surface area contributed by atoms with Crippen LogP contribution in [0.25, 0.3) is 0 Å². The van der Waals surface area contributed by atoms with Crippen LogP contribution in [-0.2, 0) is 0 Å². The van der Waals surface area contributed by atoms with Crippen molar-refractivity contribution in [3.05, 3.63) is 0 Å². The highest BCUT2D eigenvalue weighted by molar-refractivity contribution is 4.79. The second kappa shape index (κ2) is 6.91. The fraction of sp³-hybridized carbons (Fsp3) is 1.00. The molecule has 0 aromatic carbocycles. The van der Waals surface area contributed by atoms with E-state index < -0.39 is 0 Å². The largest absolute Gasteiger partial charge is 0.316 e. The van der Waals surface area contributed by atoms with Crippen LogP contribution in [0.2, 0.25) is 0 Å². The molecule has 1 heterocycles. The van der Waals surface area contributed by atoms with Crippen LogP contribution in [0.4, 0.5) is 0 Å². The molecule has 3 atom stereocenters. The number of rotatable bonds is 5. The quantitative estimate of drug-likeness (QED) is 0.809. The first-order valence-corrected chi connectivity index (χ1v) is 7.73. The fourth-order valence-electron chi connectivity index (χ4n) is 2.86. The maximum absolute atomic E-state index is 3.54. The van der Waals surface area contributed by atoms with Gasteiger partial charge < -0.3 is 10.2 Å². The topological polar surface area (TPSA) is 15.3 Å². The van der Waals surface area contributed by atoms with Gasteiger partial charge in [-0.1, -0.05) is 27.7 Å². The summed E-state index contributed by atoms with van der Waals surface area (Å²) in [6.07, 6.45) is 4.12. The Morgan fingerprint density at radius 3 is 2.44 bits per heavy atom. The van der Waals surface area contributed by atoms with Crippen molar-refractivity contribution in [3.8, 4) is 0 Å². The Morgan fingerprint density at radius 1 is 1.28 bits per heavy atom. The highest BCUT2D eigenvalue weighted by Gasteiger charge is 2.25. The van der Waals surface area contributed by atoms with Gasteiger partial charge in [-0.25, -0.2) is 0 Å². The molecule has 0 radical (unpaired) electrons. The van der Waals surface area contributed by atoms with Gasteiger partial charge in [0.2, 0.25) is 0 Å². The monoisotopic (exact) mass is 254 g/mol. The summed E-state index contributed by atoms with van der Waals surface area (Å²) in [5.41, 5.74) is 0.379. The van der Waals surface area contributed by atoms with E-state index in [-0.39, 0.29) is 0 Å². The summed E-state index contributed by atoms with van der Waals surface area (Å²) in [7, 11) is 2.28. The standard InChI is InChI=1S/C16H34N2/c1-13(15-8-7-10-17-12-15)9-11-18(6)14(2)16(3,4)5/h13-15,17H,7-12H2,1-6H3. The molecular formula is C16H34N2. The van der Waals surface area contributed by atoms with Crippen molar-refractivity contribution in [2.75, 3.05) is 26.7 Å². The average Bonchev–Trinajstić information content (AvgIpc) is 2.34. The molecule has 0 amide bonds. The molecule has 1 aliphatic rings. The predicted octanol–water partition coefficient (Wildman–Crippen LogP) is 3.38. The summed E-state index contributed by atoms with van der Waals surface area (Å²) in [6.45, 7) is 15.5. The predicted molar refractivity (Wildman–Crippen MR) is 80.9 cm³/mol. The van der Waals surface area contributed by atoms with E-state index >= 15 is 0 Å². The zero-order valence-corrected chi connectivity index (χ0v) is 13.4. The molecular weight excluding hydrogens is 220 g/mol. The number of hydrogen-bond donors (Lipinski definition) is 1. The van der Waals surface area contributed by atoms with Gasteiger partial charge in [-0.15, -0.1) is 0 Å². The first-order valence-electron chi connectivity index (χ1n) is 7.73. The van der Waals surface area contributed by atoms with Crippen molar-refractivity contribution < 1.29 is 0 Å². The lowest BCUT2D eigenvalue weighted by molar-refractivity contribution is 0.127. The van der Waals surface area contributed by atoms with Crippen molar-refractivity contribution in [2.24, 2.45) is 17.3 Å². The van der Waals surface area contributed by atoms with Crippen LogP contribution in [0, 0.1) is 17.3 Å². The molecule has 0 bridgehead atoms. The molecule has 0 aromatic rings. The van der Waals surface area contributed by atoms with E-state index in [0.29, 0.717) is 11.5 Å². The zero-order chi connectivity index (χ0) is 13.8. The number of piperidine rings is 1. The molecule has 1 fully saturated rings. The molecule has 1 rings (SSSR count). The van der Waals surface area contributed by atoms with Crippen LogP contribution in [0.3, 0.4) is 0 Å². The third-order valence-electron chi connectivity index (χ3n) is 4.99. The van der Waals surface area contributed by atoms with E-state index in [0.717, 1.165) is 11.8 Å². The Hall–Kier alpha value is -0.0800. The zero-order valence-electron chi connectivity index (χ0n) is 13.4. The number of hydrogen-bond acceptors (Lipinski definition) is 2. The highest BCUT2D eigenvalue weighted by Crippen LogP contribution is 2.26. The Balaban J connectivity index is 2.30. The minimum atomic E-state index is 0.379. The third-order valence-corrected chi connectivity index (χ3v) is 4.99. The molecule has 1 saturated heterocycles. The summed E-state index contributed by atoms with van der Waals surface area (Å²) in [4.78, 5) is 2.53. The van der Waals surface area contributed by atoms with Gasteiger partial charge in [0, 0.05) is 6.04 Å². The van der Waals surface area contributed by atoms with E-state index in [1.165, 1.54) is 38.9 Å². The minimum absolute atomic E-state index is 0.379. The maximum atomic E-state index is 3.54. The van der Waals surface area contributed by atoms with Crippen molar-refractivity contribution in [2.45, 2.75) is 59.9 Å². The minimum Gasteiger partial charge on any atom is -0.316 e. The van der Waals surface area contributed by atoms with E-state index in [1.54, 1.807) is 0 Å². The van der Waals surface area contributed by atoms with Crippen LogP contribution in [0.1, 0.15) is 53.9 Å². The first-order chi connectivity index (χ1) is 8.32. The van der Waals surface area contributed by atoms with Crippen molar-refractivity contribution >= 4 is 0 Å². The summed E-state index contributed by atoms with van der Waals surface area (Å²) < 4.78 is 0. The van der Waals surface area contributed by atoms with Crippen molar-refractivity contribution in [1.82, 2.24) is 10.2 Å². The van der Waals surface area contributed by atoms with Gasteiger partial charge >= 0.3 is 0 Å². The first kappa shape index (κ1) is 16.0. The molecule has 1 N–H and O–H groups in total. The Kier molecular flexibility index (Phi) is 6.13. The van der Waals surface area contributed by atoms with Gasteiger partial charge in [0.05, 0.1) is 0 Å². The average molecular weight is 254 g/mol. The molecule has 2 heteroatoms. The van der Waals surface area contributed by atoms with E-state index in [4.69, 9.17) is 0 Å². The number of nitrogens with zero attached hydrogens (tertiary/aromatic N) is 1. The Bertz CT molecular complexity index is 226. The Morgan fingerprint density at radius 2 is 1.94 bits per heavy atom. The highest BCUT2D eigenvalue weighted by atomic mass is 15.1. The molecule has 1 aliphatic heterocycles. The lowest BCUT2D eigenvalue weighted by Crippen LogP contribution is -2.41. The van der Waals surface area contributed by atoms with Crippen LogP contribution in [0.15, 0.2) is 0 Å². The molecule has 108 valence electrons. The second-order valence-electron chi connectivity index (χ2n) is 7.39. The molecule has 18 heavy (non-hydrogen) atoms. The van der Waals surface area contributed by atoms with Gasteiger partial charge in [-0.05, 0) is 70.1 Å². The van der Waals surface area contributed by atoms with Gasteiger partial charge in [0.25, 0.3) is 0 Å². The van der Waals surface area contributed by atoms with Crippen LogP contribution in [-0.4, -0.2) is 37.6 Å². The lowest BCUT2D eigenvalue weighted by atomic mass is 9.84. The lowest BCUT2D eigenvalue weighted by Gasteiger charge is -2.37. The van der Waals surface area contributed by atoms with Crippen LogP contribution in [0.5, 0.6) is 0 Å². The summed E-state index contributed by atoms with van der Waals surface area (Å²) >= 11 is 0. The molecule has 0 aliphatic carbocycles. The SMILES string of the molecule is CC(CCN(C)C(C)C(C)(C)C)C1CCCNC1. The van der Waals surface area contributed by atoms with E-state index in [2.05, 4.69) is 51.9 Å². The van der Waals surface area contributed by atoms with E-state index in [1.807, 2.05) is 0 Å². The summed E-state index contributed by atoms with van der Waals surface area (Å²) in [6, 6.07) is 0.647. The molecule has 3 unspecified atom stereocenters. The molecule has 0 aromatic heterocycles. The van der Waals surface area contributed by atoms with Gasteiger partial charge in [-0.2, -0.15) is 0 Å². The van der Waals surface area contributed by atoms with E-state index in [9.17, 15) is 0 Å². The summed E-state index contributed by atoms with van der Waals surface area (Å²) in [5.74, 6) is 1.75.